The van der Waals surface area contributed by atoms with Gasteiger partial charge in [0, 0.05) is 19.2 Å². The molecule has 0 radical (unpaired) electrons. The van der Waals surface area contributed by atoms with Gasteiger partial charge in [-0.3, -0.25) is 0 Å². The number of hydrogen-bond donors (Lipinski definition) is 2. The van der Waals surface area contributed by atoms with E-state index in [-0.39, 0.29) is 0 Å². The fourth-order valence-electron chi connectivity index (χ4n) is 1.83. The Balaban J connectivity index is 2.07. The van der Waals surface area contributed by atoms with Crippen LogP contribution in [0.25, 0.3) is 0 Å². The molecule has 1 rings (SSSR count). The van der Waals surface area contributed by atoms with Gasteiger partial charge in [-0.15, -0.1) is 0 Å². The zero-order valence-corrected chi connectivity index (χ0v) is 8.92. The third-order valence-electron chi connectivity index (χ3n) is 2.86. The summed E-state index contributed by atoms with van der Waals surface area (Å²) >= 11 is 0. The largest absolute Gasteiger partial charge is 0.396 e. The molecule has 0 saturated heterocycles. The van der Waals surface area contributed by atoms with Gasteiger partial charge >= 0.3 is 0 Å². The summed E-state index contributed by atoms with van der Waals surface area (Å²) in [4.78, 5) is 0. The molecule has 0 aromatic heterocycles. The molecule has 1 fully saturated rings. The molecule has 1 saturated carbocycles. The van der Waals surface area contributed by atoms with Crippen LogP contribution in [0.15, 0.2) is 0 Å². The van der Waals surface area contributed by atoms with Gasteiger partial charge in [0.25, 0.3) is 0 Å². The lowest BCUT2D eigenvalue weighted by atomic mass is 9.91. The molecule has 0 bridgehead atoms. The lowest BCUT2D eigenvalue weighted by Crippen LogP contribution is -2.39. The second-order valence-corrected chi connectivity index (χ2v) is 4.71. The first kappa shape index (κ1) is 11.0. The maximum Gasteiger partial charge on any atom is 0.0471 e. The summed E-state index contributed by atoms with van der Waals surface area (Å²) in [5.41, 5.74) is 0. The standard InChI is InChI=1S/C11H23NO/c1-9(2)6-10(8-13)7-12-11-4-3-5-11/h9-13H,3-8H2,1-2H3. The lowest BCUT2D eigenvalue weighted by Gasteiger charge is -2.28. The van der Waals surface area contributed by atoms with Crippen LogP contribution in [0.4, 0.5) is 0 Å². The van der Waals surface area contributed by atoms with E-state index < -0.39 is 0 Å². The van der Waals surface area contributed by atoms with Crippen molar-refractivity contribution in [3.8, 4) is 0 Å². The van der Waals surface area contributed by atoms with Crippen molar-refractivity contribution in [2.24, 2.45) is 11.8 Å². The number of nitrogens with one attached hydrogen (secondary N) is 1. The third-order valence-corrected chi connectivity index (χ3v) is 2.86. The molecule has 0 amide bonds. The number of hydrogen-bond acceptors (Lipinski definition) is 2. The van der Waals surface area contributed by atoms with Crippen LogP contribution in [-0.2, 0) is 0 Å². The van der Waals surface area contributed by atoms with Crippen molar-refractivity contribution in [1.29, 1.82) is 0 Å². The van der Waals surface area contributed by atoms with Gasteiger partial charge in [-0.05, 0) is 31.1 Å². The van der Waals surface area contributed by atoms with Crippen LogP contribution in [0.2, 0.25) is 0 Å². The number of aliphatic hydroxyl groups excluding tert-OH is 1. The van der Waals surface area contributed by atoms with Crippen LogP contribution >= 0.6 is 0 Å². The summed E-state index contributed by atoms with van der Waals surface area (Å²) in [6, 6.07) is 0.751. The van der Waals surface area contributed by atoms with E-state index in [2.05, 4.69) is 19.2 Å². The fourth-order valence-corrected chi connectivity index (χ4v) is 1.83. The second-order valence-electron chi connectivity index (χ2n) is 4.71. The van der Waals surface area contributed by atoms with E-state index in [1.807, 2.05) is 0 Å². The number of aliphatic hydroxyl groups is 1. The molecule has 2 heteroatoms. The minimum absolute atomic E-state index is 0.331. The first-order valence-corrected chi connectivity index (χ1v) is 5.56. The SMILES string of the molecule is CC(C)CC(CO)CNC1CCC1. The minimum Gasteiger partial charge on any atom is -0.396 e. The Hall–Kier alpha value is -0.0800. The normalized spacial score (nSPS) is 20.3. The van der Waals surface area contributed by atoms with E-state index in [0.29, 0.717) is 18.4 Å². The van der Waals surface area contributed by atoms with Crippen LogP contribution in [0.3, 0.4) is 0 Å². The van der Waals surface area contributed by atoms with Crippen molar-refractivity contribution < 1.29 is 5.11 Å². The highest BCUT2D eigenvalue weighted by Gasteiger charge is 2.18. The lowest BCUT2D eigenvalue weighted by molar-refractivity contribution is 0.191. The summed E-state index contributed by atoms with van der Waals surface area (Å²) in [5.74, 6) is 1.15. The van der Waals surface area contributed by atoms with Crippen molar-refractivity contribution in [2.45, 2.75) is 45.6 Å². The molecule has 1 unspecified atom stereocenters. The van der Waals surface area contributed by atoms with Crippen molar-refractivity contribution in [3.05, 3.63) is 0 Å². The first-order chi connectivity index (χ1) is 6.22. The van der Waals surface area contributed by atoms with E-state index in [1.54, 1.807) is 0 Å². The van der Waals surface area contributed by atoms with Crippen molar-refractivity contribution in [1.82, 2.24) is 5.32 Å². The van der Waals surface area contributed by atoms with Gasteiger partial charge in [0.15, 0.2) is 0 Å². The fraction of sp³-hybridized carbons (Fsp3) is 1.00. The molecule has 0 aromatic rings. The predicted octanol–water partition coefficient (Wildman–Crippen LogP) is 1.78. The molecule has 78 valence electrons. The van der Waals surface area contributed by atoms with E-state index in [9.17, 15) is 0 Å². The maximum atomic E-state index is 9.14. The van der Waals surface area contributed by atoms with Gasteiger partial charge in [-0.1, -0.05) is 20.3 Å². The summed E-state index contributed by atoms with van der Waals surface area (Å²) < 4.78 is 0. The highest BCUT2D eigenvalue weighted by molar-refractivity contribution is 4.77. The molecule has 2 N–H and O–H groups in total. The third kappa shape index (κ3) is 4.10. The van der Waals surface area contributed by atoms with Gasteiger partial charge in [0.1, 0.15) is 0 Å². The highest BCUT2D eigenvalue weighted by atomic mass is 16.3. The molecular weight excluding hydrogens is 162 g/mol. The summed E-state index contributed by atoms with van der Waals surface area (Å²) in [5, 5.41) is 12.7. The van der Waals surface area contributed by atoms with Crippen LogP contribution in [0, 0.1) is 11.8 Å². The van der Waals surface area contributed by atoms with E-state index in [4.69, 9.17) is 5.11 Å². The molecule has 13 heavy (non-hydrogen) atoms. The predicted molar refractivity (Wildman–Crippen MR) is 55.7 cm³/mol. The van der Waals surface area contributed by atoms with Gasteiger partial charge < -0.3 is 10.4 Å². The van der Waals surface area contributed by atoms with Gasteiger partial charge in [0.2, 0.25) is 0 Å². The van der Waals surface area contributed by atoms with Crippen LogP contribution < -0.4 is 5.32 Å². The van der Waals surface area contributed by atoms with Crippen molar-refractivity contribution >= 4 is 0 Å². The quantitative estimate of drug-likeness (QED) is 0.661. The topological polar surface area (TPSA) is 32.3 Å². The van der Waals surface area contributed by atoms with E-state index >= 15 is 0 Å². The zero-order chi connectivity index (χ0) is 9.68. The van der Waals surface area contributed by atoms with Crippen LogP contribution in [-0.4, -0.2) is 24.3 Å². The summed E-state index contributed by atoms with van der Waals surface area (Å²) in [6.45, 7) is 5.76. The van der Waals surface area contributed by atoms with Crippen molar-refractivity contribution in [2.75, 3.05) is 13.2 Å². The Morgan fingerprint density at radius 2 is 2.08 bits per heavy atom. The highest BCUT2D eigenvalue weighted by Crippen LogP contribution is 2.19. The average molecular weight is 185 g/mol. The minimum atomic E-state index is 0.331. The molecular formula is C11H23NO. The van der Waals surface area contributed by atoms with Crippen LogP contribution in [0.1, 0.15) is 39.5 Å². The van der Waals surface area contributed by atoms with Gasteiger partial charge in [0.05, 0.1) is 0 Å². The van der Waals surface area contributed by atoms with E-state index in [0.717, 1.165) is 19.0 Å². The van der Waals surface area contributed by atoms with Crippen molar-refractivity contribution in [3.63, 3.8) is 0 Å². The Kier molecular flexibility index (Phi) is 4.74. The molecule has 1 aliphatic carbocycles. The summed E-state index contributed by atoms with van der Waals surface area (Å²) in [7, 11) is 0. The number of rotatable bonds is 6. The maximum absolute atomic E-state index is 9.14. The molecule has 0 heterocycles. The molecule has 1 aliphatic rings. The second kappa shape index (κ2) is 5.61. The molecule has 1 atom stereocenters. The van der Waals surface area contributed by atoms with Gasteiger partial charge in [-0.2, -0.15) is 0 Å². The molecule has 0 aliphatic heterocycles. The Morgan fingerprint density at radius 1 is 1.38 bits per heavy atom. The zero-order valence-electron chi connectivity index (χ0n) is 8.92. The smallest absolute Gasteiger partial charge is 0.0471 e. The Labute approximate surface area is 81.7 Å². The van der Waals surface area contributed by atoms with E-state index in [1.165, 1.54) is 19.3 Å². The molecule has 2 nitrogen and oxygen atoms in total. The summed E-state index contributed by atoms with van der Waals surface area (Å²) in [6.07, 6.45) is 5.18. The molecule has 0 aromatic carbocycles. The average Bonchev–Trinajstić information content (AvgIpc) is 1.99. The van der Waals surface area contributed by atoms with Gasteiger partial charge in [-0.25, -0.2) is 0 Å². The first-order valence-electron chi connectivity index (χ1n) is 5.56. The molecule has 0 spiro atoms. The Bertz CT molecular complexity index is 132. The monoisotopic (exact) mass is 185 g/mol. The van der Waals surface area contributed by atoms with Crippen LogP contribution in [0.5, 0.6) is 0 Å². The Morgan fingerprint density at radius 3 is 2.46 bits per heavy atom.